The van der Waals surface area contributed by atoms with Crippen molar-refractivity contribution < 1.29 is 0 Å². The predicted molar refractivity (Wildman–Crippen MR) is 77.8 cm³/mol. The van der Waals surface area contributed by atoms with E-state index in [4.69, 9.17) is 0 Å². The Labute approximate surface area is 114 Å². The predicted octanol–water partition coefficient (Wildman–Crippen LogP) is 2.51. The van der Waals surface area contributed by atoms with E-state index in [1.165, 1.54) is 4.90 Å². The zero-order chi connectivity index (χ0) is 13.4. The molecule has 4 heteroatoms. The minimum Gasteiger partial charge on any atom is -0.309 e. The smallest absolute Gasteiger partial charge is 0.121 e. The van der Waals surface area contributed by atoms with Gasteiger partial charge in [0.15, 0.2) is 0 Å². The average Bonchev–Trinajstić information content (AvgIpc) is 2.39. The third-order valence-corrected chi connectivity index (χ3v) is 3.45. The van der Waals surface area contributed by atoms with Crippen molar-refractivity contribution in [2.75, 3.05) is 33.4 Å². The highest BCUT2D eigenvalue weighted by Crippen LogP contribution is 2.18. The third-order valence-electron chi connectivity index (χ3n) is 2.71. The van der Waals surface area contributed by atoms with Crippen LogP contribution in [0.4, 0.5) is 0 Å². The molecular weight excluding hydrogens is 242 g/mol. The number of nitrogens with zero attached hydrogens (tertiary/aromatic N) is 2. The summed E-state index contributed by atoms with van der Waals surface area (Å²) in [5.74, 6) is 0. The Morgan fingerprint density at radius 1 is 1.33 bits per heavy atom. The fourth-order valence-electron chi connectivity index (χ4n) is 1.68. The van der Waals surface area contributed by atoms with Gasteiger partial charge >= 0.3 is 0 Å². The van der Waals surface area contributed by atoms with Crippen LogP contribution >= 0.6 is 11.8 Å². The van der Waals surface area contributed by atoms with Gasteiger partial charge in [0, 0.05) is 4.90 Å². The summed E-state index contributed by atoms with van der Waals surface area (Å²) < 4.78 is 0. The first-order valence-electron chi connectivity index (χ1n) is 6.09. The number of benzene rings is 1. The first-order valence-corrected chi connectivity index (χ1v) is 7.31. The number of hydrogen-bond acceptors (Lipinski definition) is 4. The van der Waals surface area contributed by atoms with Gasteiger partial charge in [0.25, 0.3) is 0 Å². The molecule has 1 atom stereocenters. The molecule has 98 valence electrons. The lowest BCUT2D eigenvalue weighted by Crippen LogP contribution is -2.24. The fourth-order valence-corrected chi connectivity index (χ4v) is 2.08. The summed E-state index contributed by atoms with van der Waals surface area (Å²) in [5, 5.41) is 12.5. The summed E-state index contributed by atoms with van der Waals surface area (Å²) in [6.45, 7) is 1.90. The van der Waals surface area contributed by atoms with Crippen molar-refractivity contribution in [3.8, 4) is 6.07 Å². The van der Waals surface area contributed by atoms with Gasteiger partial charge in [0.2, 0.25) is 0 Å². The van der Waals surface area contributed by atoms with Crippen molar-refractivity contribution in [1.82, 2.24) is 10.2 Å². The first kappa shape index (κ1) is 15.0. The van der Waals surface area contributed by atoms with Crippen molar-refractivity contribution >= 4 is 11.8 Å². The minimum absolute atomic E-state index is 0.205. The summed E-state index contributed by atoms with van der Waals surface area (Å²) in [4.78, 5) is 3.37. The maximum atomic E-state index is 9.19. The molecule has 1 rings (SSSR count). The lowest BCUT2D eigenvalue weighted by Gasteiger charge is -2.14. The van der Waals surface area contributed by atoms with Crippen molar-refractivity contribution in [3.05, 3.63) is 29.8 Å². The van der Waals surface area contributed by atoms with Crippen molar-refractivity contribution in [3.63, 3.8) is 0 Å². The Morgan fingerprint density at radius 2 is 2.00 bits per heavy atom. The molecule has 1 unspecified atom stereocenters. The van der Waals surface area contributed by atoms with Gasteiger partial charge in [-0.25, -0.2) is 0 Å². The molecule has 0 saturated carbocycles. The molecule has 1 N–H and O–H groups in total. The van der Waals surface area contributed by atoms with E-state index in [1.54, 1.807) is 11.8 Å². The van der Waals surface area contributed by atoms with E-state index in [0.717, 1.165) is 25.1 Å². The van der Waals surface area contributed by atoms with Crippen molar-refractivity contribution in [1.29, 1.82) is 5.26 Å². The number of nitriles is 1. The molecular formula is C14H21N3S. The van der Waals surface area contributed by atoms with Crippen LogP contribution in [-0.4, -0.2) is 38.3 Å². The zero-order valence-corrected chi connectivity index (χ0v) is 12.1. The molecule has 0 fully saturated rings. The highest BCUT2D eigenvalue weighted by Gasteiger charge is 2.08. The second kappa shape index (κ2) is 8.15. The Hall–Kier alpha value is -1.02. The fraction of sp³-hybridized carbons (Fsp3) is 0.500. The molecule has 1 aromatic rings. The summed E-state index contributed by atoms with van der Waals surface area (Å²) in [6, 6.07) is 10.3. The molecule has 0 saturated heterocycles. The molecule has 18 heavy (non-hydrogen) atoms. The molecule has 1 aromatic carbocycles. The van der Waals surface area contributed by atoms with Gasteiger partial charge in [-0.1, -0.05) is 12.1 Å². The molecule has 3 nitrogen and oxygen atoms in total. The van der Waals surface area contributed by atoms with Crippen LogP contribution in [0.1, 0.15) is 18.0 Å². The first-order chi connectivity index (χ1) is 8.67. The Bertz CT molecular complexity index is 381. The SMILES string of the molecule is CSc1ccc(C(C#N)NCCCN(C)C)cc1. The van der Waals surface area contributed by atoms with Gasteiger partial charge in [-0.3, -0.25) is 5.32 Å². The van der Waals surface area contributed by atoms with E-state index in [1.807, 2.05) is 12.1 Å². The van der Waals surface area contributed by atoms with Gasteiger partial charge in [-0.15, -0.1) is 11.8 Å². The molecule has 0 radical (unpaired) electrons. The average molecular weight is 263 g/mol. The summed E-state index contributed by atoms with van der Waals surface area (Å²) in [6.07, 6.45) is 3.10. The normalized spacial score (nSPS) is 12.4. The largest absolute Gasteiger partial charge is 0.309 e. The summed E-state index contributed by atoms with van der Waals surface area (Å²) in [5.41, 5.74) is 1.04. The Balaban J connectivity index is 2.47. The number of nitrogens with one attached hydrogen (secondary N) is 1. The number of thioether (sulfide) groups is 1. The molecule has 0 spiro atoms. The standard InChI is InChI=1S/C14H21N3S/c1-17(2)10-4-9-16-14(11-15)12-5-7-13(18-3)8-6-12/h5-8,14,16H,4,9-10H2,1-3H3. The maximum Gasteiger partial charge on any atom is 0.121 e. The van der Waals surface area contributed by atoms with Crippen LogP contribution in [0, 0.1) is 11.3 Å². The van der Waals surface area contributed by atoms with E-state index >= 15 is 0 Å². The van der Waals surface area contributed by atoms with Crippen molar-refractivity contribution in [2.24, 2.45) is 0 Å². The van der Waals surface area contributed by atoms with Crippen LogP contribution in [0.25, 0.3) is 0 Å². The van der Waals surface area contributed by atoms with Gasteiger partial charge in [0.05, 0.1) is 6.07 Å². The van der Waals surface area contributed by atoms with Crippen LogP contribution in [0.2, 0.25) is 0 Å². The molecule has 0 heterocycles. The topological polar surface area (TPSA) is 39.1 Å². The van der Waals surface area contributed by atoms with Gasteiger partial charge in [-0.2, -0.15) is 5.26 Å². The molecule has 0 aliphatic heterocycles. The lowest BCUT2D eigenvalue weighted by molar-refractivity contribution is 0.392. The molecule has 0 bridgehead atoms. The van der Waals surface area contributed by atoms with Crippen LogP contribution < -0.4 is 5.32 Å². The number of rotatable bonds is 7. The molecule has 0 aromatic heterocycles. The van der Waals surface area contributed by atoms with Gasteiger partial charge in [-0.05, 0) is 57.6 Å². The van der Waals surface area contributed by atoms with Crippen LogP contribution in [0.5, 0.6) is 0 Å². The van der Waals surface area contributed by atoms with E-state index in [9.17, 15) is 5.26 Å². The minimum atomic E-state index is -0.205. The third kappa shape index (κ3) is 5.09. The second-order valence-corrected chi connectivity index (χ2v) is 5.33. The quantitative estimate of drug-likeness (QED) is 0.606. The number of hydrogen-bond donors (Lipinski definition) is 1. The Morgan fingerprint density at radius 3 is 2.50 bits per heavy atom. The van der Waals surface area contributed by atoms with E-state index in [0.29, 0.717) is 0 Å². The van der Waals surface area contributed by atoms with Crippen molar-refractivity contribution in [2.45, 2.75) is 17.4 Å². The monoisotopic (exact) mass is 263 g/mol. The van der Waals surface area contributed by atoms with Gasteiger partial charge in [0.1, 0.15) is 6.04 Å². The van der Waals surface area contributed by atoms with Gasteiger partial charge < -0.3 is 4.90 Å². The van der Waals surface area contributed by atoms with Crippen LogP contribution in [0.3, 0.4) is 0 Å². The molecule has 0 amide bonds. The van der Waals surface area contributed by atoms with E-state index in [-0.39, 0.29) is 6.04 Å². The van der Waals surface area contributed by atoms with Crippen LogP contribution in [0.15, 0.2) is 29.2 Å². The lowest BCUT2D eigenvalue weighted by atomic mass is 10.1. The zero-order valence-electron chi connectivity index (χ0n) is 11.3. The Kier molecular flexibility index (Phi) is 6.81. The summed E-state index contributed by atoms with van der Waals surface area (Å²) >= 11 is 1.71. The molecule has 0 aliphatic rings. The highest BCUT2D eigenvalue weighted by molar-refractivity contribution is 7.98. The highest BCUT2D eigenvalue weighted by atomic mass is 32.2. The maximum absolute atomic E-state index is 9.19. The summed E-state index contributed by atoms with van der Waals surface area (Å²) in [7, 11) is 4.12. The second-order valence-electron chi connectivity index (χ2n) is 4.45. The molecule has 0 aliphatic carbocycles. The van der Waals surface area contributed by atoms with E-state index in [2.05, 4.69) is 48.8 Å². The van der Waals surface area contributed by atoms with E-state index < -0.39 is 0 Å². The van der Waals surface area contributed by atoms with Crippen LogP contribution in [-0.2, 0) is 0 Å².